The lowest BCUT2D eigenvalue weighted by Gasteiger charge is -2.20. The summed E-state index contributed by atoms with van der Waals surface area (Å²) in [5, 5.41) is 4.87. The molecule has 0 aliphatic carbocycles. The van der Waals surface area contributed by atoms with Crippen molar-refractivity contribution in [3.05, 3.63) is 58.3 Å². The van der Waals surface area contributed by atoms with Crippen molar-refractivity contribution in [1.82, 2.24) is 5.32 Å². The van der Waals surface area contributed by atoms with E-state index in [-0.39, 0.29) is 17.2 Å². The van der Waals surface area contributed by atoms with Gasteiger partial charge in [-0.05, 0) is 23.9 Å². The van der Waals surface area contributed by atoms with Crippen molar-refractivity contribution < 1.29 is 4.79 Å². The summed E-state index contributed by atoms with van der Waals surface area (Å²) < 4.78 is 0. The number of thiophene rings is 1. The van der Waals surface area contributed by atoms with Crippen LogP contribution in [-0.2, 0) is 0 Å². The quantitative estimate of drug-likeness (QED) is 0.822. The maximum Gasteiger partial charge on any atom is 0.261 e. The van der Waals surface area contributed by atoms with Crippen LogP contribution in [0.5, 0.6) is 0 Å². The van der Waals surface area contributed by atoms with E-state index >= 15 is 0 Å². The van der Waals surface area contributed by atoms with Gasteiger partial charge in [0, 0.05) is 11.3 Å². The second kappa shape index (κ2) is 6.07. The topological polar surface area (TPSA) is 29.1 Å². The standard InChI is InChI=1S/C14H15NOS2/c1-10(13(17)11-6-3-2-4-7-11)15-14(16)12-8-5-9-18-12/h2-10,13,17H,1H3,(H,15,16)/t10-,13+/m0/s1. The van der Waals surface area contributed by atoms with Crippen molar-refractivity contribution in [3.63, 3.8) is 0 Å². The molecule has 0 aliphatic rings. The van der Waals surface area contributed by atoms with Gasteiger partial charge in [0.2, 0.25) is 0 Å². The molecule has 1 aromatic carbocycles. The fourth-order valence-electron chi connectivity index (χ4n) is 1.70. The number of carbonyl (C=O) groups excluding carboxylic acids is 1. The van der Waals surface area contributed by atoms with E-state index in [2.05, 4.69) is 17.9 Å². The summed E-state index contributed by atoms with van der Waals surface area (Å²) in [6, 6.07) is 13.6. The molecule has 2 nitrogen and oxygen atoms in total. The Hall–Kier alpha value is -1.26. The molecule has 0 radical (unpaired) electrons. The van der Waals surface area contributed by atoms with E-state index in [9.17, 15) is 4.79 Å². The van der Waals surface area contributed by atoms with Crippen LogP contribution in [0, 0.1) is 0 Å². The summed E-state index contributed by atoms with van der Waals surface area (Å²) in [4.78, 5) is 12.6. The first-order valence-electron chi connectivity index (χ1n) is 5.76. The van der Waals surface area contributed by atoms with Gasteiger partial charge >= 0.3 is 0 Å². The number of benzene rings is 1. The minimum Gasteiger partial charge on any atom is -0.347 e. The van der Waals surface area contributed by atoms with Gasteiger partial charge < -0.3 is 5.32 Å². The largest absolute Gasteiger partial charge is 0.347 e. The van der Waals surface area contributed by atoms with E-state index in [4.69, 9.17) is 0 Å². The third-order valence-electron chi connectivity index (χ3n) is 2.72. The van der Waals surface area contributed by atoms with Crippen molar-refractivity contribution in [2.45, 2.75) is 18.2 Å². The average molecular weight is 277 g/mol. The molecule has 94 valence electrons. The van der Waals surface area contributed by atoms with E-state index < -0.39 is 0 Å². The van der Waals surface area contributed by atoms with Gasteiger partial charge in [0.15, 0.2) is 0 Å². The van der Waals surface area contributed by atoms with E-state index in [1.165, 1.54) is 11.3 Å². The molecule has 1 heterocycles. The van der Waals surface area contributed by atoms with E-state index in [0.717, 1.165) is 10.4 Å². The molecule has 0 spiro atoms. The second-order valence-corrected chi connectivity index (χ2v) is 5.60. The molecule has 2 atom stereocenters. The normalized spacial score (nSPS) is 13.9. The zero-order valence-electron chi connectivity index (χ0n) is 10.0. The predicted molar refractivity (Wildman–Crippen MR) is 79.4 cm³/mol. The van der Waals surface area contributed by atoms with Gasteiger partial charge in [-0.3, -0.25) is 4.79 Å². The van der Waals surface area contributed by atoms with Crippen LogP contribution in [0.15, 0.2) is 47.8 Å². The monoisotopic (exact) mass is 277 g/mol. The van der Waals surface area contributed by atoms with Crippen molar-refractivity contribution >= 4 is 29.9 Å². The zero-order valence-corrected chi connectivity index (χ0v) is 11.7. The van der Waals surface area contributed by atoms with Gasteiger partial charge in [0.05, 0.1) is 4.88 Å². The Bertz CT molecular complexity index is 496. The van der Waals surface area contributed by atoms with Crippen LogP contribution in [0.3, 0.4) is 0 Å². The van der Waals surface area contributed by atoms with Gasteiger partial charge in [0.25, 0.3) is 5.91 Å². The first-order chi connectivity index (χ1) is 8.68. The Balaban J connectivity index is 2.00. The van der Waals surface area contributed by atoms with Crippen LogP contribution in [0.1, 0.15) is 27.4 Å². The first kappa shape index (κ1) is 13.2. The number of carbonyl (C=O) groups is 1. The van der Waals surface area contributed by atoms with Crippen molar-refractivity contribution in [2.75, 3.05) is 0 Å². The lowest BCUT2D eigenvalue weighted by atomic mass is 10.1. The molecule has 0 saturated carbocycles. The fourth-order valence-corrected chi connectivity index (χ4v) is 2.58. The molecule has 0 fully saturated rings. The van der Waals surface area contributed by atoms with Crippen molar-refractivity contribution in [2.24, 2.45) is 0 Å². The SMILES string of the molecule is C[C@H](NC(=O)c1cccs1)[C@@H](S)c1ccccc1. The van der Waals surface area contributed by atoms with E-state index in [0.29, 0.717) is 0 Å². The number of thiol groups is 1. The molecule has 18 heavy (non-hydrogen) atoms. The number of rotatable bonds is 4. The summed E-state index contributed by atoms with van der Waals surface area (Å²) in [5.41, 5.74) is 1.11. The Morgan fingerprint density at radius 2 is 1.94 bits per heavy atom. The summed E-state index contributed by atoms with van der Waals surface area (Å²) in [7, 11) is 0. The van der Waals surface area contributed by atoms with Gasteiger partial charge in [-0.1, -0.05) is 36.4 Å². The van der Waals surface area contributed by atoms with Gasteiger partial charge in [-0.25, -0.2) is 0 Å². The summed E-state index contributed by atoms with van der Waals surface area (Å²) in [6.07, 6.45) is 0. The predicted octanol–water partition coefficient (Wildman–Crippen LogP) is 3.54. The average Bonchev–Trinajstić information content (AvgIpc) is 2.92. The highest BCUT2D eigenvalue weighted by Gasteiger charge is 2.18. The highest BCUT2D eigenvalue weighted by atomic mass is 32.1. The third kappa shape index (κ3) is 3.15. The first-order valence-corrected chi connectivity index (χ1v) is 7.15. The van der Waals surface area contributed by atoms with Crippen LogP contribution in [0.4, 0.5) is 0 Å². The molecular weight excluding hydrogens is 262 g/mol. The van der Waals surface area contributed by atoms with Gasteiger partial charge in [-0.15, -0.1) is 11.3 Å². The van der Waals surface area contributed by atoms with Crippen molar-refractivity contribution in [1.29, 1.82) is 0 Å². The summed E-state index contributed by atoms with van der Waals surface area (Å²) in [6.45, 7) is 1.97. The highest BCUT2D eigenvalue weighted by Crippen LogP contribution is 2.23. The van der Waals surface area contributed by atoms with E-state index in [1.807, 2.05) is 54.8 Å². The summed E-state index contributed by atoms with van der Waals surface area (Å²) >= 11 is 6.02. The molecule has 0 unspecified atom stereocenters. The Kier molecular flexibility index (Phi) is 4.44. The minimum absolute atomic E-state index is 0.00453. The molecule has 1 aromatic heterocycles. The fraction of sp³-hybridized carbons (Fsp3) is 0.214. The minimum atomic E-state index is -0.0347. The molecular formula is C14H15NOS2. The Morgan fingerprint density at radius 3 is 2.56 bits per heavy atom. The molecule has 0 bridgehead atoms. The van der Waals surface area contributed by atoms with Crippen molar-refractivity contribution in [3.8, 4) is 0 Å². The maximum absolute atomic E-state index is 11.9. The van der Waals surface area contributed by atoms with Gasteiger partial charge in [0.1, 0.15) is 0 Å². The lowest BCUT2D eigenvalue weighted by Crippen LogP contribution is -2.35. The highest BCUT2D eigenvalue weighted by molar-refractivity contribution is 7.80. The number of nitrogens with one attached hydrogen (secondary N) is 1. The second-order valence-electron chi connectivity index (χ2n) is 4.09. The third-order valence-corrected chi connectivity index (χ3v) is 4.33. The molecule has 4 heteroatoms. The van der Waals surface area contributed by atoms with Crippen LogP contribution < -0.4 is 5.32 Å². The zero-order chi connectivity index (χ0) is 13.0. The molecule has 2 rings (SSSR count). The smallest absolute Gasteiger partial charge is 0.261 e. The Labute approximate surface area is 116 Å². The summed E-state index contributed by atoms with van der Waals surface area (Å²) in [5.74, 6) is -0.0347. The van der Waals surface area contributed by atoms with Crippen LogP contribution >= 0.6 is 24.0 Å². The van der Waals surface area contributed by atoms with E-state index in [1.54, 1.807) is 0 Å². The number of hydrogen-bond donors (Lipinski definition) is 2. The Morgan fingerprint density at radius 1 is 1.22 bits per heavy atom. The van der Waals surface area contributed by atoms with Gasteiger partial charge in [-0.2, -0.15) is 12.6 Å². The molecule has 1 amide bonds. The molecule has 0 saturated heterocycles. The van der Waals surface area contributed by atoms with Crippen LogP contribution in [-0.4, -0.2) is 11.9 Å². The lowest BCUT2D eigenvalue weighted by molar-refractivity contribution is 0.0943. The molecule has 2 aromatic rings. The van der Waals surface area contributed by atoms with Crippen LogP contribution in [0.2, 0.25) is 0 Å². The molecule has 1 N–H and O–H groups in total. The van der Waals surface area contributed by atoms with Crippen LogP contribution in [0.25, 0.3) is 0 Å². The molecule has 0 aliphatic heterocycles. The maximum atomic E-state index is 11.9. The number of hydrogen-bond acceptors (Lipinski definition) is 3. The number of amides is 1.